The number of hydrogen-bond donors (Lipinski definition) is 1. The molecule has 6 nitrogen and oxygen atoms in total. The van der Waals surface area contributed by atoms with Crippen molar-refractivity contribution in [2.75, 3.05) is 5.32 Å². The number of nitrogens with zero attached hydrogens (tertiary/aromatic N) is 4. The largest absolute Gasteiger partial charge is 0.365 e. The number of carbonyl (C=O) groups is 1. The van der Waals surface area contributed by atoms with Gasteiger partial charge in [0.1, 0.15) is 18.0 Å². The second-order valence-corrected chi connectivity index (χ2v) is 10.0. The molecule has 7 heteroatoms. The highest BCUT2D eigenvalue weighted by molar-refractivity contribution is 5.94. The van der Waals surface area contributed by atoms with Crippen LogP contribution in [0.1, 0.15) is 49.5 Å². The Labute approximate surface area is 204 Å². The summed E-state index contributed by atoms with van der Waals surface area (Å²) in [6.07, 6.45) is 6.63. The van der Waals surface area contributed by atoms with Crippen molar-refractivity contribution in [3.63, 3.8) is 0 Å². The van der Waals surface area contributed by atoms with Crippen molar-refractivity contribution >= 4 is 22.6 Å². The van der Waals surface area contributed by atoms with Gasteiger partial charge in [-0.15, -0.1) is 0 Å². The Balaban J connectivity index is 1.48. The van der Waals surface area contributed by atoms with Crippen LogP contribution < -0.4 is 5.32 Å². The van der Waals surface area contributed by atoms with Gasteiger partial charge >= 0.3 is 0 Å². The number of fused-ring (bicyclic) bond motifs is 1. The molecule has 0 radical (unpaired) electrons. The molecular formula is C28H28FN5O. The van der Waals surface area contributed by atoms with Gasteiger partial charge < -0.3 is 10.2 Å². The topological polar surface area (TPSA) is 71.0 Å². The molecule has 1 fully saturated rings. The van der Waals surface area contributed by atoms with E-state index >= 15 is 0 Å². The van der Waals surface area contributed by atoms with Crippen molar-refractivity contribution in [2.24, 2.45) is 0 Å². The van der Waals surface area contributed by atoms with E-state index in [4.69, 9.17) is 0 Å². The summed E-state index contributed by atoms with van der Waals surface area (Å²) in [5.41, 5.74) is 3.55. The molecule has 1 aliphatic rings. The second kappa shape index (κ2) is 9.06. The van der Waals surface area contributed by atoms with Gasteiger partial charge in [-0.05, 0) is 81.1 Å². The zero-order valence-electron chi connectivity index (χ0n) is 20.1. The van der Waals surface area contributed by atoms with E-state index in [1.807, 2.05) is 24.3 Å². The summed E-state index contributed by atoms with van der Waals surface area (Å²) in [6, 6.07) is 14.6. The summed E-state index contributed by atoms with van der Waals surface area (Å²) < 4.78 is 14.9. The van der Waals surface area contributed by atoms with Gasteiger partial charge in [-0.2, -0.15) is 0 Å². The van der Waals surface area contributed by atoms with Crippen LogP contribution in [-0.2, 0) is 6.54 Å². The average Bonchev–Trinajstić information content (AvgIpc) is 3.68. The third-order valence-corrected chi connectivity index (χ3v) is 6.02. The van der Waals surface area contributed by atoms with E-state index in [0.717, 1.165) is 40.7 Å². The maximum atomic E-state index is 14.9. The molecule has 4 aromatic rings. The average molecular weight is 470 g/mol. The summed E-state index contributed by atoms with van der Waals surface area (Å²) in [6.45, 7) is 6.46. The predicted octanol–water partition coefficient (Wildman–Crippen LogP) is 5.85. The van der Waals surface area contributed by atoms with Gasteiger partial charge in [-0.25, -0.2) is 14.4 Å². The van der Waals surface area contributed by atoms with E-state index in [1.165, 1.54) is 6.07 Å². The van der Waals surface area contributed by atoms with E-state index in [-0.39, 0.29) is 29.8 Å². The number of halogens is 1. The van der Waals surface area contributed by atoms with Crippen LogP contribution in [0.5, 0.6) is 0 Å². The molecule has 0 saturated heterocycles. The summed E-state index contributed by atoms with van der Waals surface area (Å²) in [4.78, 5) is 27.8. The maximum absolute atomic E-state index is 14.9. The molecule has 1 saturated carbocycles. The Bertz CT molecular complexity index is 1380. The number of carbonyl (C=O) groups excluding carboxylic acids is 1. The molecule has 1 amide bonds. The predicted molar refractivity (Wildman–Crippen MR) is 135 cm³/mol. The normalized spacial score (nSPS) is 13.6. The van der Waals surface area contributed by atoms with Crippen LogP contribution in [-0.4, -0.2) is 37.3 Å². The highest BCUT2D eigenvalue weighted by atomic mass is 19.1. The summed E-state index contributed by atoms with van der Waals surface area (Å²) in [5.74, 6) is 0.344. The molecule has 1 aliphatic carbocycles. The first-order chi connectivity index (χ1) is 16.8. The molecule has 2 heterocycles. The zero-order chi connectivity index (χ0) is 24.6. The number of benzene rings is 2. The molecule has 5 rings (SSSR count). The van der Waals surface area contributed by atoms with Crippen molar-refractivity contribution in [3.05, 3.63) is 84.2 Å². The minimum atomic E-state index is -0.318. The van der Waals surface area contributed by atoms with E-state index in [1.54, 1.807) is 41.8 Å². The lowest BCUT2D eigenvalue weighted by Crippen LogP contribution is -2.33. The molecule has 0 unspecified atom stereocenters. The fourth-order valence-corrected chi connectivity index (χ4v) is 4.16. The molecule has 0 spiro atoms. The number of hydrogen-bond acceptors (Lipinski definition) is 5. The monoisotopic (exact) mass is 469 g/mol. The van der Waals surface area contributed by atoms with E-state index in [2.05, 4.69) is 41.0 Å². The number of rotatable bonds is 6. The van der Waals surface area contributed by atoms with Crippen LogP contribution in [0.2, 0.25) is 0 Å². The highest BCUT2D eigenvalue weighted by Gasteiger charge is 2.33. The number of pyridine rings is 1. The number of amides is 1. The lowest BCUT2D eigenvalue weighted by atomic mass is 10.00. The first-order valence-corrected chi connectivity index (χ1v) is 11.8. The standard InChI is InChI=1S/C28H28FN5O/c1-28(2,3)33-26-23-15-20(5-9-25(23)31-17-32-26)19-4-8-24(29)21(14-19)16-34(22-6-7-22)27(35)18-10-12-30-13-11-18/h4-5,8-15,17,22H,6-7,16H2,1-3H3,(H,31,32,33). The van der Waals surface area contributed by atoms with E-state index in [0.29, 0.717) is 11.1 Å². The highest BCUT2D eigenvalue weighted by Crippen LogP contribution is 2.33. The smallest absolute Gasteiger partial charge is 0.254 e. The number of anilines is 1. The van der Waals surface area contributed by atoms with Gasteiger partial charge in [0.25, 0.3) is 5.91 Å². The third-order valence-electron chi connectivity index (χ3n) is 6.02. The Kier molecular flexibility index (Phi) is 5.93. The molecule has 0 aliphatic heterocycles. The maximum Gasteiger partial charge on any atom is 0.254 e. The van der Waals surface area contributed by atoms with Crippen LogP contribution in [0, 0.1) is 5.82 Å². The first-order valence-electron chi connectivity index (χ1n) is 11.8. The van der Waals surface area contributed by atoms with Crippen molar-refractivity contribution in [1.82, 2.24) is 19.9 Å². The van der Waals surface area contributed by atoms with Crippen LogP contribution in [0.3, 0.4) is 0 Å². The molecule has 0 bridgehead atoms. The van der Waals surface area contributed by atoms with Crippen LogP contribution in [0.4, 0.5) is 10.2 Å². The van der Waals surface area contributed by atoms with Crippen LogP contribution in [0.15, 0.2) is 67.3 Å². The van der Waals surface area contributed by atoms with Crippen molar-refractivity contribution in [2.45, 2.75) is 51.7 Å². The lowest BCUT2D eigenvalue weighted by Gasteiger charge is -2.23. The fraction of sp³-hybridized carbons (Fsp3) is 0.286. The van der Waals surface area contributed by atoms with Gasteiger partial charge in [0, 0.05) is 47.0 Å². The Morgan fingerprint density at radius 3 is 2.46 bits per heavy atom. The Morgan fingerprint density at radius 1 is 1.03 bits per heavy atom. The van der Waals surface area contributed by atoms with Gasteiger partial charge in [0.05, 0.1) is 5.52 Å². The van der Waals surface area contributed by atoms with Crippen molar-refractivity contribution < 1.29 is 9.18 Å². The SMILES string of the molecule is CC(C)(C)Nc1ncnc2ccc(-c3ccc(F)c(CN(C(=O)c4ccncc4)C4CC4)c3)cc12. The summed E-state index contributed by atoms with van der Waals surface area (Å²) >= 11 is 0. The van der Waals surface area contributed by atoms with E-state index in [9.17, 15) is 9.18 Å². The molecular weight excluding hydrogens is 441 g/mol. The fourth-order valence-electron chi connectivity index (χ4n) is 4.16. The number of nitrogens with one attached hydrogen (secondary N) is 1. The van der Waals surface area contributed by atoms with Gasteiger partial charge in [-0.1, -0.05) is 12.1 Å². The quantitative estimate of drug-likeness (QED) is 0.384. The Morgan fingerprint density at radius 2 is 1.74 bits per heavy atom. The summed E-state index contributed by atoms with van der Waals surface area (Å²) in [5, 5.41) is 4.34. The lowest BCUT2D eigenvalue weighted by molar-refractivity contribution is 0.0728. The van der Waals surface area contributed by atoms with Gasteiger partial charge in [0.2, 0.25) is 0 Å². The van der Waals surface area contributed by atoms with Crippen LogP contribution >= 0.6 is 0 Å². The minimum absolute atomic E-state index is 0.0968. The Hall–Kier alpha value is -3.87. The van der Waals surface area contributed by atoms with E-state index < -0.39 is 0 Å². The minimum Gasteiger partial charge on any atom is -0.365 e. The molecule has 2 aromatic heterocycles. The molecule has 0 atom stereocenters. The first kappa shape index (κ1) is 22.9. The second-order valence-electron chi connectivity index (χ2n) is 10.0. The van der Waals surface area contributed by atoms with Gasteiger partial charge in [-0.3, -0.25) is 9.78 Å². The molecule has 35 heavy (non-hydrogen) atoms. The van der Waals surface area contributed by atoms with Gasteiger partial charge in [0.15, 0.2) is 0 Å². The van der Waals surface area contributed by atoms with Crippen molar-refractivity contribution in [1.29, 1.82) is 0 Å². The van der Waals surface area contributed by atoms with Crippen LogP contribution in [0.25, 0.3) is 22.0 Å². The number of aromatic nitrogens is 3. The third kappa shape index (κ3) is 5.14. The molecule has 2 aromatic carbocycles. The summed E-state index contributed by atoms with van der Waals surface area (Å²) in [7, 11) is 0. The molecule has 178 valence electrons. The molecule has 1 N–H and O–H groups in total. The zero-order valence-corrected chi connectivity index (χ0v) is 20.1. The van der Waals surface area contributed by atoms with Crippen molar-refractivity contribution in [3.8, 4) is 11.1 Å².